The molecule has 2 aromatic heterocycles. The number of carbonyl (C=O) groups is 2. The van der Waals surface area contributed by atoms with Crippen molar-refractivity contribution in [2.45, 2.75) is 13.5 Å². The highest BCUT2D eigenvalue weighted by Gasteiger charge is 2.08. The summed E-state index contributed by atoms with van der Waals surface area (Å²) in [5, 5.41) is 9.45. The molecule has 1 aromatic carbocycles. The summed E-state index contributed by atoms with van der Waals surface area (Å²) >= 11 is 0. The maximum atomic E-state index is 12.4. The fourth-order valence-electron chi connectivity index (χ4n) is 2.17. The van der Waals surface area contributed by atoms with Gasteiger partial charge < -0.3 is 10.6 Å². The lowest BCUT2D eigenvalue weighted by Crippen LogP contribution is -2.19. The summed E-state index contributed by atoms with van der Waals surface area (Å²) in [6, 6.07) is 10.5. The Morgan fingerprint density at radius 3 is 2.76 bits per heavy atom. The van der Waals surface area contributed by atoms with Crippen LogP contribution >= 0.6 is 0 Å². The van der Waals surface area contributed by atoms with E-state index < -0.39 is 0 Å². The van der Waals surface area contributed by atoms with Crippen LogP contribution in [0, 0.1) is 0 Å². The molecule has 0 bridgehead atoms. The second kappa shape index (κ2) is 7.35. The first-order valence-electron chi connectivity index (χ1n) is 7.57. The van der Waals surface area contributed by atoms with Gasteiger partial charge in [-0.1, -0.05) is 12.1 Å². The Morgan fingerprint density at radius 1 is 1.20 bits per heavy atom. The monoisotopic (exact) mass is 336 g/mol. The van der Waals surface area contributed by atoms with Crippen molar-refractivity contribution >= 4 is 17.6 Å². The Balaban J connectivity index is 1.67. The normalized spacial score (nSPS) is 10.3. The third-order valence-corrected chi connectivity index (χ3v) is 3.40. The average Bonchev–Trinajstić information content (AvgIpc) is 3.15. The molecule has 0 atom stereocenters. The SMILES string of the molecule is CC(=O)NCc1cccc(C(=O)Nc2ccc(-n3cncn3)cn2)c1. The van der Waals surface area contributed by atoms with Crippen LogP contribution in [-0.2, 0) is 11.3 Å². The molecule has 0 saturated carbocycles. The van der Waals surface area contributed by atoms with Crippen LogP contribution in [0.5, 0.6) is 0 Å². The number of hydrogen-bond donors (Lipinski definition) is 2. The number of hydrogen-bond acceptors (Lipinski definition) is 5. The van der Waals surface area contributed by atoms with Crippen LogP contribution in [0.15, 0.2) is 55.2 Å². The zero-order chi connectivity index (χ0) is 17.6. The van der Waals surface area contributed by atoms with E-state index in [1.54, 1.807) is 47.5 Å². The lowest BCUT2D eigenvalue weighted by molar-refractivity contribution is -0.119. The Morgan fingerprint density at radius 2 is 2.08 bits per heavy atom. The van der Waals surface area contributed by atoms with Crippen LogP contribution in [0.25, 0.3) is 5.69 Å². The van der Waals surface area contributed by atoms with Crippen LogP contribution in [0.3, 0.4) is 0 Å². The molecule has 2 heterocycles. The van der Waals surface area contributed by atoms with Gasteiger partial charge in [-0.3, -0.25) is 9.59 Å². The van der Waals surface area contributed by atoms with Crippen molar-refractivity contribution in [3.8, 4) is 5.69 Å². The maximum Gasteiger partial charge on any atom is 0.256 e. The predicted octanol–water partition coefficient (Wildman–Crippen LogP) is 1.55. The number of amides is 2. The average molecular weight is 336 g/mol. The first-order valence-corrected chi connectivity index (χ1v) is 7.57. The van der Waals surface area contributed by atoms with E-state index in [0.29, 0.717) is 17.9 Å². The molecule has 0 aliphatic rings. The van der Waals surface area contributed by atoms with Gasteiger partial charge in [-0.15, -0.1) is 0 Å². The molecule has 0 saturated heterocycles. The second-order valence-electron chi connectivity index (χ2n) is 5.31. The number of nitrogens with zero attached hydrogens (tertiary/aromatic N) is 4. The minimum absolute atomic E-state index is 0.119. The molecule has 0 unspecified atom stereocenters. The van der Waals surface area contributed by atoms with Crippen LogP contribution < -0.4 is 10.6 Å². The molecule has 2 N–H and O–H groups in total. The molecule has 0 spiro atoms. The Bertz CT molecular complexity index is 874. The fourth-order valence-corrected chi connectivity index (χ4v) is 2.17. The minimum atomic E-state index is -0.273. The van der Waals surface area contributed by atoms with Gasteiger partial charge in [0.2, 0.25) is 5.91 Å². The number of carbonyl (C=O) groups excluding carboxylic acids is 2. The lowest BCUT2D eigenvalue weighted by atomic mass is 10.1. The molecule has 0 aliphatic carbocycles. The van der Waals surface area contributed by atoms with E-state index in [1.165, 1.54) is 13.3 Å². The van der Waals surface area contributed by atoms with E-state index in [9.17, 15) is 9.59 Å². The van der Waals surface area contributed by atoms with Gasteiger partial charge in [-0.25, -0.2) is 14.6 Å². The molecule has 25 heavy (non-hydrogen) atoms. The summed E-state index contributed by atoms with van der Waals surface area (Å²) in [6.07, 6.45) is 4.59. The molecule has 2 amide bonds. The van der Waals surface area contributed by atoms with Crippen LogP contribution in [0.4, 0.5) is 5.82 Å². The van der Waals surface area contributed by atoms with Crippen LogP contribution in [0.2, 0.25) is 0 Å². The van der Waals surface area contributed by atoms with Gasteiger partial charge in [-0.2, -0.15) is 5.10 Å². The van der Waals surface area contributed by atoms with Gasteiger partial charge in [0.25, 0.3) is 5.91 Å². The molecular weight excluding hydrogens is 320 g/mol. The number of aromatic nitrogens is 4. The first kappa shape index (κ1) is 16.3. The highest BCUT2D eigenvalue weighted by atomic mass is 16.2. The predicted molar refractivity (Wildman–Crippen MR) is 91.1 cm³/mol. The minimum Gasteiger partial charge on any atom is -0.352 e. The third-order valence-electron chi connectivity index (χ3n) is 3.40. The molecule has 3 aromatic rings. The standard InChI is InChI=1S/C17H16N6O2/c1-12(24)19-8-13-3-2-4-14(7-13)17(25)22-16-6-5-15(9-20-16)23-11-18-10-21-23/h2-7,9-11H,8H2,1H3,(H,19,24)(H,20,22,25). The molecule has 0 radical (unpaired) electrons. The zero-order valence-corrected chi connectivity index (χ0v) is 13.5. The summed E-state index contributed by atoms with van der Waals surface area (Å²) in [5.41, 5.74) is 2.08. The van der Waals surface area contributed by atoms with E-state index in [4.69, 9.17) is 0 Å². The molecular formula is C17H16N6O2. The largest absolute Gasteiger partial charge is 0.352 e. The van der Waals surface area contributed by atoms with E-state index in [-0.39, 0.29) is 11.8 Å². The van der Waals surface area contributed by atoms with E-state index in [0.717, 1.165) is 11.3 Å². The third kappa shape index (κ3) is 4.25. The number of anilines is 1. The summed E-state index contributed by atoms with van der Waals surface area (Å²) in [7, 11) is 0. The van der Waals surface area contributed by atoms with Crippen LogP contribution in [-0.4, -0.2) is 31.6 Å². The van der Waals surface area contributed by atoms with E-state index in [2.05, 4.69) is 25.7 Å². The van der Waals surface area contributed by atoms with Gasteiger partial charge in [0, 0.05) is 19.0 Å². The highest BCUT2D eigenvalue weighted by Crippen LogP contribution is 2.11. The van der Waals surface area contributed by atoms with Gasteiger partial charge >= 0.3 is 0 Å². The molecule has 126 valence electrons. The Hall–Kier alpha value is -3.55. The van der Waals surface area contributed by atoms with Crippen molar-refractivity contribution in [2.24, 2.45) is 0 Å². The maximum absolute atomic E-state index is 12.4. The number of benzene rings is 1. The smallest absolute Gasteiger partial charge is 0.256 e. The van der Waals surface area contributed by atoms with E-state index in [1.807, 2.05) is 6.07 Å². The van der Waals surface area contributed by atoms with Gasteiger partial charge in [0.1, 0.15) is 18.5 Å². The molecule has 0 aliphatic heterocycles. The highest BCUT2D eigenvalue weighted by molar-refractivity contribution is 6.03. The van der Waals surface area contributed by atoms with Gasteiger partial charge in [-0.05, 0) is 29.8 Å². The number of rotatable bonds is 5. The number of pyridine rings is 1. The van der Waals surface area contributed by atoms with Crippen molar-refractivity contribution in [3.63, 3.8) is 0 Å². The molecule has 0 fully saturated rings. The van der Waals surface area contributed by atoms with Crippen molar-refractivity contribution in [2.75, 3.05) is 5.32 Å². The second-order valence-corrected chi connectivity index (χ2v) is 5.31. The Labute approximate surface area is 143 Å². The molecule has 8 heteroatoms. The molecule has 8 nitrogen and oxygen atoms in total. The summed E-state index contributed by atoms with van der Waals surface area (Å²) < 4.78 is 1.57. The summed E-state index contributed by atoms with van der Waals surface area (Å²) in [6.45, 7) is 1.83. The Kier molecular flexibility index (Phi) is 4.79. The lowest BCUT2D eigenvalue weighted by Gasteiger charge is -2.08. The van der Waals surface area contributed by atoms with Crippen molar-refractivity contribution in [1.29, 1.82) is 0 Å². The topological polar surface area (TPSA) is 102 Å². The number of nitrogens with one attached hydrogen (secondary N) is 2. The summed E-state index contributed by atoms with van der Waals surface area (Å²) in [4.78, 5) is 31.4. The first-order chi connectivity index (χ1) is 12.1. The summed E-state index contributed by atoms with van der Waals surface area (Å²) in [5.74, 6) is 0.0401. The quantitative estimate of drug-likeness (QED) is 0.736. The fraction of sp³-hybridized carbons (Fsp3) is 0.118. The van der Waals surface area contributed by atoms with Crippen molar-refractivity contribution in [1.82, 2.24) is 25.1 Å². The zero-order valence-electron chi connectivity index (χ0n) is 13.5. The molecule has 3 rings (SSSR count). The van der Waals surface area contributed by atoms with Crippen molar-refractivity contribution in [3.05, 3.63) is 66.4 Å². The van der Waals surface area contributed by atoms with Crippen LogP contribution in [0.1, 0.15) is 22.8 Å². The van der Waals surface area contributed by atoms with Crippen molar-refractivity contribution < 1.29 is 9.59 Å². The van der Waals surface area contributed by atoms with Gasteiger partial charge in [0.15, 0.2) is 0 Å². The van der Waals surface area contributed by atoms with Gasteiger partial charge in [0.05, 0.1) is 11.9 Å². The van der Waals surface area contributed by atoms with E-state index >= 15 is 0 Å².